The Bertz CT molecular complexity index is 1270. The molecule has 0 saturated heterocycles. The van der Waals surface area contributed by atoms with Crippen LogP contribution in [0.4, 0.5) is 5.69 Å². The quantitative estimate of drug-likeness (QED) is 0.195. The smallest absolute Gasteiger partial charge is 0.180 e. The van der Waals surface area contributed by atoms with Gasteiger partial charge in [-0.2, -0.15) is 5.10 Å². The van der Waals surface area contributed by atoms with Crippen molar-refractivity contribution in [3.05, 3.63) is 95.2 Å². The van der Waals surface area contributed by atoms with Crippen LogP contribution in [0.1, 0.15) is 73.6 Å². The monoisotopic (exact) mass is 423 g/mol. The lowest BCUT2D eigenvalue weighted by atomic mass is 9.93. The van der Waals surface area contributed by atoms with Crippen molar-refractivity contribution in [3.8, 4) is 0 Å². The molecule has 0 fully saturated rings. The van der Waals surface area contributed by atoms with Crippen LogP contribution >= 0.6 is 0 Å². The van der Waals surface area contributed by atoms with Gasteiger partial charge in [0.1, 0.15) is 5.69 Å². The second kappa shape index (κ2) is 8.91. The van der Waals surface area contributed by atoms with Crippen molar-refractivity contribution in [2.45, 2.75) is 46.5 Å². The molecule has 4 aromatic rings. The van der Waals surface area contributed by atoms with Gasteiger partial charge in [-0.1, -0.05) is 94.4 Å². The number of aromatic nitrogens is 2. The number of fused-ring (bicyclic) bond motifs is 1. The van der Waals surface area contributed by atoms with E-state index < -0.39 is 0 Å². The SMILES string of the molecule is CC(=O)c1nn(/C(=N/c2c(C(C)C)cccc2C(C)C)c2ccccc2)c2ccccc12. The Hall–Kier alpha value is -3.53. The number of Topliss-reactive ketones (excluding diaryl/α,β-unsaturated/α-hetero) is 1. The van der Waals surface area contributed by atoms with Crippen LogP contribution in [0.15, 0.2) is 77.8 Å². The first-order chi connectivity index (χ1) is 15.4. The van der Waals surface area contributed by atoms with Gasteiger partial charge >= 0.3 is 0 Å². The van der Waals surface area contributed by atoms with E-state index in [0.29, 0.717) is 23.4 Å². The summed E-state index contributed by atoms with van der Waals surface area (Å²) in [5, 5.41) is 5.58. The molecule has 0 aliphatic rings. The fourth-order valence-electron chi connectivity index (χ4n) is 4.06. The lowest BCUT2D eigenvalue weighted by Gasteiger charge is -2.18. The van der Waals surface area contributed by atoms with Gasteiger partial charge in [0.25, 0.3) is 0 Å². The highest BCUT2D eigenvalue weighted by molar-refractivity contribution is 6.11. The minimum absolute atomic E-state index is 0.0576. The predicted molar refractivity (Wildman–Crippen MR) is 132 cm³/mol. The minimum atomic E-state index is -0.0576. The van der Waals surface area contributed by atoms with Crippen LogP contribution in [0.3, 0.4) is 0 Å². The van der Waals surface area contributed by atoms with E-state index in [2.05, 4.69) is 45.9 Å². The van der Waals surface area contributed by atoms with Crippen molar-refractivity contribution >= 4 is 28.2 Å². The second-order valence-electron chi connectivity index (χ2n) is 8.73. The maximum absolute atomic E-state index is 12.4. The zero-order valence-electron chi connectivity index (χ0n) is 19.3. The largest absolute Gasteiger partial charge is 0.293 e. The summed E-state index contributed by atoms with van der Waals surface area (Å²) < 4.78 is 1.82. The molecule has 0 aliphatic heterocycles. The molecule has 0 radical (unpaired) electrons. The first kappa shape index (κ1) is 21.7. The molecular weight excluding hydrogens is 394 g/mol. The molecule has 3 aromatic carbocycles. The minimum Gasteiger partial charge on any atom is -0.293 e. The van der Waals surface area contributed by atoms with Gasteiger partial charge in [-0.3, -0.25) is 4.79 Å². The molecule has 0 atom stereocenters. The molecule has 0 aliphatic carbocycles. The summed E-state index contributed by atoms with van der Waals surface area (Å²) >= 11 is 0. The topological polar surface area (TPSA) is 47.2 Å². The van der Waals surface area contributed by atoms with E-state index in [-0.39, 0.29) is 5.78 Å². The van der Waals surface area contributed by atoms with Crippen molar-refractivity contribution in [1.29, 1.82) is 0 Å². The van der Waals surface area contributed by atoms with Crippen molar-refractivity contribution in [3.63, 3.8) is 0 Å². The van der Waals surface area contributed by atoms with Crippen LogP contribution in [-0.4, -0.2) is 21.4 Å². The molecule has 4 rings (SSSR count). The molecule has 162 valence electrons. The summed E-state index contributed by atoms with van der Waals surface area (Å²) in [6.07, 6.45) is 0. The van der Waals surface area contributed by atoms with Gasteiger partial charge in [-0.25, -0.2) is 9.67 Å². The van der Waals surface area contributed by atoms with Crippen LogP contribution < -0.4 is 0 Å². The van der Waals surface area contributed by atoms with Gasteiger partial charge in [0.05, 0.1) is 11.2 Å². The molecule has 0 N–H and O–H groups in total. The van der Waals surface area contributed by atoms with Gasteiger partial charge in [0.15, 0.2) is 11.6 Å². The van der Waals surface area contributed by atoms with E-state index >= 15 is 0 Å². The van der Waals surface area contributed by atoms with Crippen LogP contribution in [-0.2, 0) is 0 Å². The van der Waals surface area contributed by atoms with E-state index in [0.717, 1.165) is 22.2 Å². The normalized spacial score (nSPS) is 12.2. The third-order valence-corrected chi connectivity index (χ3v) is 5.71. The Labute approximate surface area is 189 Å². The average molecular weight is 424 g/mol. The Kier molecular flexibility index (Phi) is 6.04. The maximum Gasteiger partial charge on any atom is 0.180 e. The van der Waals surface area contributed by atoms with Gasteiger partial charge < -0.3 is 0 Å². The van der Waals surface area contributed by atoms with Crippen molar-refractivity contribution in [2.75, 3.05) is 0 Å². The second-order valence-corrected chi connectivity index (χ2v) is 8.73. The van der Waals surface area contributed by atoms with Crippen molar-refractivity contribution in [1.82, 2.24) is 9.78 Å². The third kappa shape index (κ3) is 4.01. The predicted octanol–water partition coefficient (Wildman–Crippen LogP) is 7.11. The summed E-state index contributed by atoms with van der Waals surface area (Å²) in [5.74, 6) is 1.31. The number of rotatable bonds is 5. The van der Waals surface area contributed by atoms with E-state index in [1.165, 1.54) is 11.1 Å². The van der Waals surface area contributed by atoms with Gasteiger partial charge in [-0.05, 0) is 29.0 Å². The number of para-hydroxylation sites is 2. The number of aliphatic imine (C=N–C) groups is 1. The standard InChI is InChI=1S/C28H29N3O/c1-18(2)22-15-11-16-23(19(3)4)27(22)29-28(21-12-7-6-8-13-21)31-25-17-10-9-14-24(25)26(30-31)20(5)32/h6-19H,1-5H3/b29-28+. The molecule has 4 heteroatoms. The first-order valence-electron chi connectivity index (χ1n) is 11.1. The van der Waals surface area contributed by atoms with E-state index in [9.17, 15) is 4.79 Å². The molecule has 0 bridgehead atoms. The summed E-state index contributed by atoms with van der Waals surface area (Å²) in [7, 11) is 0. The lowest BCUT2D eigenvalue weighted by Crippen LogP contribution is -2.16. The van der Waals surface area contributed by atoms with E-state index in [1.807, 2.05) is 59.3 Å². The summed E-state index contributed by atoms with van der Waals surface area (Å²) in [4.78, 5) is 17.6. The zero-order chi connectivity index (χ0) is 22.8. The molecule has 0 amide bonds. The Morgan fingerprint density at radius 3 is 2.00 bits per heavy atom. The van der Waals surface area contributed by atoms with Crippen molar-refractivity contribution < 1.29 is 4.79 Å². The highest BCUT2D eigenvalue weighted by Crippen LogP contribution is 2.35. The van der Waals surface area contributed by atoms with Crippen LogP contribution in [0, 0.1) is 0 Å². The number of carbonyl (C=O) groups excluding carboxylic acids is 1. The lowest BCUT2D eigenvalue weighted by molar-refractivity contribution is 0.101. The molecule has 1 aromatic heterocycles. The van der Waals surface area contributed by atoms with Gasteiger partial charge in [-0.15, -0.1) is 0 Å². The van der Waals surface area contributed by atoms with Crippen LogP contribution in [0.2, 0.25) is 0 Å². The molecule has 32 heavy (non-hydrogen) atoms. The Balaban J connectivity index is 2.08. The number of hydrogen-bond donors (Lipinski definition) is 0. The maximum atomic E-state index is 12.4. The number of nitrogens with zero attached hydrogens (tertiary/aromatic N) is 3. The summed E-state index contributed by atoms with van der Waals surface area (Å²) in [6, 6.07) is 24.3. The Morgan fingerprint density at radius 2 is 1.41 bits per heavy atom. The molecular formula is C28H29N3O. The number of ketones is 1. The number of carbonyl (C=O) groups is 1. The third-order valence-electron chi connectivity index (χ3n) is 5.71. The molecule has 0 unspecified atom stereocenters. The fourth-order valence-corrected chi connectivity index (χ4v) is 4.06. The van der Waals surface area contributed by atoms with Gasteiger partial charge in [0.2, 0.25) is 0 Å². The molecule has 4 nitrogen and oxygen atoms in total. The van der Waals surface area contributed by atoms with E-state index in [4.69, 9.17) is 10.1 Å². The first-order valence-corrected chi connectivity index (χ1v) is 11.1. The van der Waals surface area contributed by atoms with Gasteiger partial charge in [0, 0.05) is 17.9 Å². The summed E-state index contributed by atoms with van der Waals surface area (Å²) in [5.41, 5.74) is 5.67. The number of benzene rings is 3. The molecule has 0 spiro atoms. The summed E-state index contributed by atoms with van der Waals surface area (Å²) in [6.45, 7) is 10.3. The fraction of sp³-hybridized carbons (Fsp3) is 0.250. The highest BCUT2D eigenvalue weighted by atomic mass is 16.1. The Morgan fingerprint density at radius 1 is 0.812 bits per heavy atom. The van der Waals surface area contributed by atoms with E-state index in [1.54, 1.807) is 6.92 Å². The zero-order valence-corrected chi connectivity index (χ0v) is 19.3. The van der Waals surface area contributed by atoms with Crippen molar-refractivity contribution in [2.24, 2.45) is 4.99 Å². The molecule has 1 heterocycles. The average Bonchev–Trinajstić information content (AvgIpc) is 3.17. The van der Waals surface area contributed by atoms with Crippen LogP contribution in [0.25, 0.3) is 10.9 Å². The van der Waals surface area contributed by atoms with Crippen LogP contribution in [0.5, 0.6) is 0 Å². The number of hydrogen-bond acceptors (Lipinski definition) is 3. The highest BCUT2D eigenvalue weighted by Gasteiger charge is 2.20. The molecule has 0 saturated carbocycles.